The molecule has 0 bridgehead atoms. The fourth-order valence-electron chi connectivity index (χ4n) is 3.66. The van der Waals surface area contributed by atoms with E-state index in [0.29, 0.717) is 36.8 Å². The van der Waals surface area contributed by atoms with Crippen LogP contribution in [0.5, 0.6) is 0 Å². The number of nitrogens with zero attached hydrogens (tertiary/aromatic N) is 1. The van der Waals surface area contributed by atoms with Crippen LogP contribution in [-0.4, -0.2) is 44.0 Å². The summed E-state index contributed by atoms with van der Waals surface area (Å²) in [6, 6.07) is 22.6. The van der Waals surface area contributed by atoms with Crippen molar-refractivity contribution in [3.63, 3.8) is 0 Å². The fourth-order valence-corrected chi connectivity index (χ4v) is 4.72. The summed E-state index contributed by atoms with van der Waals surface area (Å²) in [5, 5.41) is 12.1. The number of rotatable bonds is 11. The zero-order chi connectivity index (χ0) is 24.0. The molecule has 0 atom stereocenters. The SMILES string of the molecule is O=C(c1ccc(S(=O)(=O)Nc2ccccc2)cc1)N(Cc1ccc(NCCO)cc1)CC1CC1. The molecule has 1 aliphatic rings. The van der Waals surface area contributed by atoms with Crippen molar-refractivity contribution in [2.45, 2.75) is 24.3 Å². The normalized spacial score (nSPS) is 13.3. The van der Waals surface area contributed by atoms with Crippen LogP contribution in [0.4, 0.5) is 11.4 Å². The number of sulfonamides is 1. The Morgan fingerprint density at radius 1 is 0.912 bits per heavy atom. The molecule has 1 aliphatic carbocycles. The monoisotopic (exact) mass is 479 g/mol. The predicted octanol–water partition coefficient (Wildman–Crippen LogP) is 3.94. The van der Waals surface area contributed by atoms with Gasteiger partial charge in [0.15, 0.2) is 0 Å². The van der Waals surface area contributed by atoms with Gasteiger partial charge in [0.1, 0.15) is 0 Å². The van der Waals surface area contributed by atoms with Crippen LogP contribution in [0.15, 0.2) is 83.8 Å². The molecule has 0 heterocycles. The molecule has 1 amide bonds. The number of anilines is 2. The summed E-state index contributed by atoms with van der Waals surface area (Å²) >= 11 is 0. The molecule has 4 rings (SSSR count). The summed E-state index contributed by atoms with van der Waals surface area (Å²) in [4.78, 5) is 15.2. The van der Waals surface area contributed by atoms with Crippen LogP contribution in [-0.2, 0) is 16.6 Å². The third-order valence-corrected chi connectivity index (χ3v) is 7.07. The summed E-state index contributed by atoms with van der Waals surface area (Å²) in [6.07, 6.45) is 2.24. The minimum atomic E-state index is -3.74. The second-order valence-electron chi connectivity index (χ2n) is 8.47. The van der Waals surface area contributed by atoms with Crippen molar-refractivity contribution in [2.24, 2.45) is 5.92 Å². The van der Waals surface area contributed by atoms with Crippen LogP contribution in [0.3, 0.4) is 0 Å². The maximum atomic E-state index is 13.3. The molecule has 1 fully saturated rings. The first kappa shape index (κ1) is 23.8. The molecular weight excluding hydrogens is 450 g/mol. The molecule has 3 aromatic carbocycles. The lowest BCUT2D eigenvalue weighted by molar-refractivity contribution is 0.0735. The molecule has 0 spiro atoms. The van der Waals surface area contributed by atoms with E-state index in [-0.39, 0.29) is 17.4 Å². The van der Waals surface area contributed by atoms with E-state index in [9.17, 15) is 13.2 Å². The molecule has 0 saturated heterocycles. The molecule has 0 unspecified atom stereocenters. The summed E-state index contributed by atoms with van der Waals surface area (Å²) in [7, 11) is -3.74. The van der Waals surface area contributed by atoms with Crippen LogP contribution in [0, 0.1) is 5.92 Å². The number of para-hydroxylation sites is 1. The number of carbonyl (C=O) groups is 1. The van der Waals surface area contributed by atoms with Crippen molar-refractivity contribution in [1.82, 2.24) is 4.90 Å². The van der Waals surface area contributed by atoms with Crippen molar-refractivity contribution in [1.29, 1.82) is 0 Å². The van der Waals surface area contributed by atoms with Crippen LogP contribution in [0.1, 0.15) is 28.8 Å². The Morgan fingerprint density at radius 3 is 2.21 bits per heavy atom. The number of aliphatic hydroxyl groups excluding tert-OH is 1. The quantitative estimate of drug-likeness (QED) is 0.387. The van der Waals surface area contributed by atoms with Gasteiger partial charge in [-0.3, -0.25) is 9.52 Å². The maximum absolute atomic E-state index is 13.3. The Kier molecular flexibility index (Phi) is 7.49. The topological polar surface area (TPSA) is 98.7 Å². The van der Waals surface area contributed by atoms with Crippen molar-refractivity contribution < 1.29 is 18.3 Å². The van der Waals surface area contributed by atoms with E-state index in [1.165, 1.54) is 12.1 Å². The van der Waals surface area contributed by atoms with E-state index >= 15 is 0 Å². The fraction of sp³-hybridized carbons (Fsp3) is 0.269. The molecule has 34 heavy (non-hydrogen) atoms. The van der Waals surface area contributed by atoms with Gasteiger partial charge in [-0.15, -0.1) is 0 Å². The highest BCUT2D eigenvalue weighted by Gasteiger charge is 2.27. The van der Waals surface area contributed by atoms with Crippen molar-refractivity contribution in [3.8, 4) is 0 Å². The van der Waals surface area contributed by atoms with Gasteiger partial charge in [-0.1, -0.05) is 30.3 Å². The van der Waals surface area contributed by atoms with Gasteiger partial charge in [-0.05, 0) is 72.9 Å². The predicted molar refractivity (Wildman–Crippen MR) is 133 cm³/mol. The maximum Gasteiger partial charge on any atom is 0.261 e. The molecule has 7 nitrogen and oxygen atoms in total. The Balaban J connectivity index is 1.46. The van der Waals surface area contributed by atoms with Crippen LogP contribution >= 0.6 is 0 Å². The van der Waals surface area contributed by atoms with E-state index < -0.39 is 10.0 Å². The third-order valence-electron chi connectivity index (χ3n) is 5.67. The van der Waals surface area contributed by atoms with Gasteiger partial charge < -0.3 is 15.3 Å². The Bertz CT molecular complexity index is 1190. The van der Waals surface area contributed by atoms with E-state index in [1.807, 2.05) is 35.2 Å². The standard InChI is InChI=1S/C26H29N3O4S/c30-17-16-27-23-12-8-21(9-13-23)19-29(18-20-6-7-20)26(31)22-10-14-25(15-11-22)34(32,33)28-24-4-2-1-3-5-24/h1-5,8-15,20,27-28,30H,6-7,16-19H2. The van der Waals surface area contributed by atoms with Gasteiger partial charge in [-0.25, -0.2) is 8.42 Å². The van der Waals surface area contributed by atoms with Gasteiger partial charge >= 0.3 is 0 Å². The summed E-state index contributed by atoms with van der Waals surface area (Å²) in [5.41, 5.74) is 2.87. The molecule has 0 aliphatic heterocycles. The number of hydrogen-bond acceptors (Lipinski definition) is 5. The number of hydrogen-bond donors (Lipinski definition) is 3. The summed E-state index contributed by atoms with van der Waals surface area (Å²) < 4.78 is 27.9. The highest BCUT2D eigenvalue weighted by Crippen LogP contribution is 2.31. The smallest absolute Gasteiger partial charge is 0.261 e. The third kappa shape index (κ3) is 6.36. The van der Waals surface area contributed by atoms with Crippen molar-refractivity contribution in [2.75, 3.05) is 29.7 Å². The van der Waals surface area contributed by atoms with Gasteiger partial charge in [-0.2, -0.15) is 0 Å². The van der Waals surface area contributed by atoms with Crippen molar-refractivity contribution in [3.05, 3.63) is 90.0 Å². The Hall–Kier alpha value is -3.36. The highest BCUT2D eigenvalue weighted by atomic mass is 32.2. The lowest BCUT2D eigenvalue weighted by Gasteiger charge is -2.23. The average Bonchev–Trinajstić information content (AvgIpc) is 3.67. The first-order valence-corrected chi connectivity index (χ1v) is 12.8. The minimum absolute atomic E-state index is 0.0633. The lowest BCUT2D eigenvalue weighted by Crippen LogP contribution is -2.32. The molecule has 3 N–H and O–H groups in total. The van der Waals surface area contributed by atoms with Gasteiger partial charge in [0.2, 0.25) is 0 Å². The van der Waals surface area contributed by atoms with Gasteiger partial charge in [0.25, 0.3) is 15.9 Å². The largest absolute Gasteiger partial charge is 0.395 e. The van der Waals surface area contributed by atoms with Gasteiger partial charge in [0.05, 0.1) is 11.5 Å². The molecule has 8 heteroatoms. The first-order chi connectivity index (χ1) is 16.4. The second kappa shape index (κ2) is 10.7. The molecule has 1 saturated carbocycles. The summed E-state index contributed by atoms with van der Waals surface area (Å²) in [6.45, 7) is 1.70. The van der Waals surface area contributed by atoms with Crippen LogP contribution in [0.25, 0.3) is 0 Å². The molecule has 3 aromatic rings. The zero-order valence-corrected chi connectivity index (χ0v) is 19.7. The number of amides is 1. The van der Waals surface area contributed by atoms with E-state index in [0.717, 1.165) is 24.1 Å². The first-order valence-electron chi connectivity index (χ1n) is 11.4. The number of carbonyl (C=O) groups excluding carboxylic acids is 1. The van der Waals surface area contributed by atoms with E-state index in [4.69, 9.17) is 5.11 Å². The van der Waals surface area contributed by atoms with Crippen LogP contribution in [0.2, 0.25) is 0 Å². The molecule has 0 radical (unpaired) electrons. The van der Waals surface area contributed by atoms with Crippen LogP contribution < -0.4 is 10.0 Å². The lowest BCUT2D eigenvalue weighted by atomic mass is 10.1. The van der Waals surface area contributed by atoms with E-state index in [1.54, 1.807) is 36.4 Å². The van der Waals surface area contributed by atoms with Gasteiger partial charge in [0, 0.05) is 36.6 Å². The number of nitrogens with one attached hydrogen (secondary N) is 2. The second-order valence-corrected chi connectivity index (χ2v) is 10.2. The average molecular weight is 480 g/mol. The Labute approximate surface area is 200 Å². The number of aliphatic hydroxyl groups is 1. The molecule has 0 aromatic heterocycles. The molecule has 178 valence electrons. The molecular formula is C26H29N3O4S. The number of benzene rings is 3. The zero-order valence-electron chi connectivity index (χ0n) is 18.9. The Morgan fingerprint density at radius 2 is 1.59 bits per heavy atom. The summed E-state index contributed by atoms with van der Waals surface area (Å²) in [5.74, 6) is 0.401. The highest BCUT2D eigenvalue weighted by molar-refractivity contribution is 7.92. The van der Waals surface area contributed by atoms with E-state index in [2.05, 4.69) is 10.0 Å². The van der Waals surface area contributed by atoms with Crippen molar-refractivity contribution >= 4 is 27.3 Å². The minimum Gasteiger partial charge on any atom is -0.395 e.